The van der Waals surface area contributed by atoms with E-state index in [0.29, 0.717) is 16.7 Å². The number of halogens is 8. The highest BCUT2D eigenvalue weighted by atomic mass is 35.5. The summed E-state index contributed by atoms with van der Waals surface area (Å²) >= 11 is 7.59. The Labute approximate surface area is 217 Å². The van der Waals surface area contributed by atoms with Crippen molar-refractivity contribution in [3.05, 3.63) is 41.2 Å². The second kappa shape index (κ2) is 11.9. The number of carboxylic acid groups (broad SMARTS) is 2. The predicted octanol–water partition coefficient (Wildman–Crippen LogP) is 5.88. The van der Waals surface area contributed by atoms with Crippen LogP contribution in [0.4, 0.5) is 35.9 Å². The summed E-state index contributed by atoms with van der Waals surface area (Å²) < 4.78 is 77.4. The lowest BCUT2D eigenvalue weighted by atomic mass is 10.0. The van der Waals surface area contributed by atoms with E-state index in [1.54, 1.807) is 6.20 Å². The number of nitrogens with one attached hydrogen (secondary N) is 1. The highest BCUT2D eigenvalue weighted by molar-refractivity contribution is 7.22. The molecule has 3 N–H and O–H groups in total. The molecule has 0 saturated heterocycles. The summed E-state index contributed by atoms with van der Waals surface area (Å²) in [5.74, 6) is -6.34. The summed E-state index contributed by atoms with van der Waals surface area (Å²) in [5, 5.41) is 17.9. The molecule has 1 aliphatic rings. The summed E-state index contributed by atoms with van der Waals surface area (Å²) in [7, 11) is 0. The number of aromatic nitrogens is 2. The van der Waals surface area contributed by atoms with Gasteiger partial charge in [0.2, 0.25) is 5.91 Å². The Balaban J connectivity index is 0.000000301. The molecule has 1 fully saturated rings. The number of fused-ring (bicyclic) bond motifs is 1. The fourth-order valence-corrected chi connectivity index (χ4v) is 3.86. The Morgan fingerprint density at radius 1 is 1.05 bits per heavy atom. The van der Waals surface area contributed by atoms with Crippen LogP contribution < -0.4 is 5.32 Å². The lowest BCUT2D eigenvalue weighted by Crippen LogP contribution is -2.21. The lowest BCUT2D eigenvalue weighted by Gasteiger charge is -2.07. The van der Waals surface area contributed by atoms with E-state index in [2.05, 4.69) is 15.3 Å². The maximum atomic E-state index is 13.0. The van der Waals surface area contributed by atoms with E-state index in [4.69, 9.17) is 31.4 Å². The van der Waals surface area contributed by atoms with Crippen LogP contribution in [0.3, 0.4) is 0 Å². The van der Waals surface area contributed by atoms with Crippen LogP contribution in [-0.2, 0) is 14.4 Å². The molecule has 0 aliphatic heterocycles. The molecule has 2 aromatic heterocycles. The molecule has 206 valence electrons. The number of anilines is 1. The van der Waals surface area contributed by atoms with Gasteiger partial charge in [0, 0.05) is 11.8 Å². The van der Waals surface area contributed by atoms with Gasteiger partial charge in [0.25, 0.3) is 0 Å². The van der Waals surface area contributed by atoms with E-state index in [1.807, 2.05) is 31.2 Å². The fourth-order valence-electron chi connectivity index (χ4n) is 2.64. The average Bonchev–Trinajstić information content (AvgIpc) is 3.38. The molecular weight excluding hydrogens is 575 g/mol. The van der Waals surface area contributed by atoms with Crippen LogP contribution >= 0.6 is 22.9 Å². The molecule has 8 nitrogen and oxygen atoms in total. The number of carbonyl (C=O) groups excluding carboxylic acids is 1. The first-order valence-corrected chi connectivity index (χ1v) is 11.2. The highest BCUT2D eigenvalue weighted by Crippen LogP contribution is 2.37. The van der Waals surface area contributed by atoms with Crippen LogP contribution in [0, 0.1) is 12.8 Å². The van der Waals surface area contributed by atoms with Crippen molar-refractivity contribution in [2.75, 3.05) is 5.32 Å². The zero-order valence-corrected chi connectivity index (χ0v) is 20.3. The normalized spacial score (nSPS) is 16.4. The topological polar surface area (TPSA) is 129 Å². The molecule has 17 heteroatoms. The Hall–Kier alpha value is -3.53. The summed E-state index contributed by atoms with van der Waals surface area (Å²) in [6, 6.07) is 7.71. The Morgan fingerprint density at radius 3 is 2.03 bits per heavy atom. The molecule has 0 radical (unpaired) electrons. The van der Waals surface area contributed by atoms with E-state index < -0.39 is 36.4 Å². The molecule has 2 heterocycles. The molecular formula is C21H15ClF7N3O5S. The minimum Gasteiger partial charge on any atom is -0.475 e. The van der Waals surface area contributed by atoms with Crippen molar-refractivity contribution >= 4 is 56.1 Å². The second-order valence-electron chi connectivity index (χ2n) is 7.45. The number of benzene rings is 1. The molecule has 1 saturated carbocycles. The van der Waals surface area contributed by atoms with Crippen molar-refractivity contribution in [2.24, 2.45) is 5.92 Å². The van der Waals surface area contributed by atoms with Crippen molar-refractivity contribution in [3.8, 4) is 11.1 Å². The van der Waals surface area contributed by atoms with Crippen LogP contribution in [0.5, 0.6) is 0 Å². The monoisotopic (exact) mass is 589 g/mol. The summed E-state index contributed by atoms with van der Waals surface area (Å²) in [5.41, 5.74) is 3.66. The largest absolute Gasteiger partial charge is 0.490 e. The first kappa shape index (κ1) is 30.7. The van der Waals surface area contributed by atoms with Gasteiger partial charge >= 0.3 is 24.3 Å². The number of carboxylic acids is 2. The molecule has 1 aromatic carbocycles. The summed E-state index contributed by atoms with van der Waals surface area (Å²) in [4.78, 5) is 38.1. The second-order valence-corrected chi connectivity index (χ2v) is 8.84. The molecule has 38 heavy (non-hydrogen) atoms. The van der Waals surface area contributed by atoms with Gasteiger partial charge in [-0.3, -0.25) is 4.79 Å². The number of aryl methyl sites for hydroxylation is 1. The van der Waals surface area contributed by atoms with Gasteiger partial charge in [-0.25, -0.2) is 23.9 Å². The number of pyridine rings is 1. The van der Waals surface area contributed by atoms with Gasteiger partial charge in [-0.05, 0) is 42.7 Å². The zero-order valence-electron chi connectivity index (χ0n) is 18.7. The number of carbonyl (C=O) groups is 3. The molecule has 3 aromatic rings. The number of amides is 1. The van der Waals surface area contributed by atoms with Gasteiger partial charge in [0.1, 0.15) is 11.3 Å². The quantitative estimate of drug-likeness (QED) is 0.257. The van der Waals surface area contributed by atoms with Gasteiger partial charge in [-0.15, -0.1) is 0 Å². The third-order valence-corrected chi connectivity index (χ3v) is 5.77. The van der Waals surface area contributed by atoms with Crippen LogP contribution in [0.1, 0.15) is 12.0 Å². The average molecular weight is 590 g/mol. The van der Waals surface area contributed by atoms with Gasteiger partial charge in [-0.2, -0.15) is 26.3 Å². The van der Waals surface area contributed by atoms with Crippen molar-refractivity contribution in [3.63, 3.8) is 0 Å². The van der Waals surface area contributed by atoms with Crippen LogP contribution in [-0.4, -0.2) is 56.6 Å². The number of hydrogen-bond donors (Lipinski definition) is 3. The van der Waals surface area contributed by atoms with Gasteiger partial charge in [0.05, 0.1) is 16.1 Å². The van der Waals surface area contributed by atoms with E-state index >= 15 is 0 Å². The number of hydrogen-bond acceptors (Lipinski definition) is 6. The molecule has 4 rings (SSSR count). The first-order valence-electron chi connectivity index (χ1n) is 9.99. The number of rotatable bonds is 3. The molecule has 1 aliphatic carbocycles. The first-order chi connectivity index (χ1) is 17.4. The number of nitrogens with zero attached hydrogens (tertiary/aromatic N) is 2. The molecule has 2 atom stereocenters. The zero-order chi connectivity index (χ0) is 29.0. The highest BCUT2D eigenvalue weighted by Gasteiger charge is 2.44. The molecule has 0 bridgehead atoms. The maximum absolute atomic E-state index is 13.0. The summed E-state index contributed by atoms with van der Waals surface area (Å²) in [6.07, 6.45) is -9.20. The number of thiazole rings is 1. The summed E-state index contributed by atoms with van der Waals surface area (Å²) in [6.45, 7) is 1.98. The Morgan fingerprint density at radius 2 is 1.58 bits per heavy atom. The fraction of sp³-hybridized carbons (Fsp3) is 0.286. The molecule has 1 amide bonds. The van der Waals surface area contributed by atoms with Crippen molar-refractivity contribution < 1.29 is 55.3 Å². The van der Waals surface area contributed by atoms with Gasteiger partial charge in [-0.1, -0.05) is 29.0 Å². The SMILES string of the molecule is Cc1ccnc(Cl)c1-c1ccc2nc(NC(=O)[C@@H]3C[C@@H]3F)sc2c1.O=C(O)C(F)(F)F.O=C(O)C(F)(F)F. The minimum absolute atomic E-state index is 0.298. The third-order valence-electron chi connectivity index (χ3n) is 4.55. The van der Waals surface area contributed by atoms with E-state index in [0.717, 1.165) is 26.9 Å². The number of aliphatic carboxylic acids is 2. The van der Waals surface area contributed by atoms with Crippen LogP contribution in [0.2, 0.25) is 5.15 Å². The van der Waals surface area contributed by atoms with E-state index in [-0.39, 0.29) is 5.91 Å². The van der Waals surface area contributed by atoms with E-state index in [9.17, 15) is 35.5 Å². The Kier molecular flexibility index (Phi) is 9.61. The van der Waals surface area contributed by atoms with Crippen LogP contribution in [0.15, 0.2) is 30.5 Å². The van der Waals surface area contributed by atoms with Gasteiger partial charge < -0.3 is 15.5 Å². The third kappa shape index (κ3) is 8.51. The minimum atomic E-state index is -5.08. The van der Waals surface area contributed by atoms with E-state index in [1.165, 1.54) is 11.3 Å². The van der Waals surface area contributed by atoms with Crippen molar-refractivity contribution in [2.45, 2.75) is 31.9 Å². The Bertz CT molecular complexity index is 1300. The smallest absolute Gasteiger partial charge is 0.475 e. The van der Waals surface area contributed by atoms with Crippen molar-refractivity contribution in [1.29, 1.82) is 0 Å². The predicted molar refractivity (Wildman–Crippen MR) is 122 cm³/mol. The van der Waals surface area contributed by atoms with Crippen LogP contribution in [0.25, 0.3) is 21.3 Å². The number of alkyl halides is 7. The molecule has 0 unspecified atom stereocenters. The standard InChI is InChI=1S/C17H13ClFN3OS.2C2HF3O2/c1-8-4-5-20-15(18)14(8)9-2-3-12-13(6-9)24-17(21-12)22-16(23)10-7-11(10)19;2*3-2(4,5)1(6)7/h2-6,10-11H,7H2,1H3,(H,21,22,23);2*(H,6,7)/t10-,11+;;/m1../s1. The van der Waals surface area contributed by atoms with Crippen molar-refractivity contribution in [1.82, 2.24) is 9.97 Å². The maximum Gasteiger partial charge on any atom is 0.490 e. The molecule has 0 spiro atoms. The lowest BCUT2D eigenvalue weighted by molar-refractivity contribution is -0.193. The van der Waals surface area contributed by atoms with Gasteiger partial charge in [0.15, 0.2) is 5.13 Å².